The number of aromatic nitrogens is 1. The summed E-state index contributed by atoms with van der Waals surface area (Å²) in [5.74, 6) is 0.536. The molecule has 0 fully saturated rings. The molecular weight excluding hydrogens is 416 g/mol. The first-order valence-electron chi connectivity index (χ1n) is 8.93. The summed E-state index contributed by atoms with van der Waals surface area (Å²) in [5.41, 5.74) is 7.19. The van der Waals surface area contributed by atoms with Gasteiger partial charge in [-0.25, -0.2) is 0 Å². The number of hydrogen-bond acceptors (Lipinski definition) is 7. The monoisotopic (exact) mass is 436 g/mol. The molecule has 0 spiro atoms. The van der Waals surface area contributed by atoms with Crippen molar-refractivity contribution in [2.45, 2.75) is 31.0 Å². The average Bonchev–Trinajstić information content (AvgIpc) is 2.99. The first-order chi connectivity index (χ1) is 13.8. The summed E-state index contributed by atoms with van der Waals surface area (Å²) < 4.78 is 24.5. The van der Waals surface area contributed by atoms with Crippen LogP contribution in [0.15, 0.2) is 40.8 Å². The Kier molecular flexibility index (Phi) is 5.08. The van der Waals surface area contributed by atoms with Gasteiger partial charge in [-0.3, -0.25) is 4.57 Å². The molecule has 1 aromatic heterocycles. The molecule has 3 N–H and O–H groups in total. The number of nitrogen functional groups attached to an aromatic ring is 1. The van der Waals surface area contributed by atoms with E-state index in [4.69, 9.17) is 48.2 Å². The average molecular weight is 437 g/mol. The van der Waals surface area contributed by atoms with Gasteiger partial charge in [0.05, 0.1) is 11.6 Å². The van der Waals surface area contributed by atoms with Crippen molar-refractivity contribution >= 4 is 40.6 Å². The second-order valence-corrected chi connectivity index (χ2v) is 7.91. The topological polar surface area (TPSA) is 92.0 Å². The van der Waals surface area contributed by atoms with E-state index in [0.717, 1.165) is 0 Å². The fourth-order valence-corrected chi connectivity index (χ4v) is 4.44. The van der Waals surface area contributed by atoms with Crippen LogP contribution in [0.25, 0.3) is 11.1 Å². The van der Waals surface area contributed by atoms with E-state index in [2.05, 4.69) is 0 Å². The third-order valence-electron chi connectivity index (χ3n) is 5.32. The minimum Gasteiger partial charge on any atom is -0.479 e. The van der Waals surface area contributed by atoms with Gasteiger partial charge < -0.3 is 29.5 Å². The molecule has 3 atom stereocenters. The maximum Gasteiger partial charge on any atom is 0.270 e. The quantitative estimate of drug-likeness (QED) is 0.364. The van der Waals surface area contributed by atoms with Crippen LogP contribution < -0.4 is 10.5 Å². The number of nitrogens with two attached hydrogens (primary N) is 1. The molecular formula is C20H21ClN2O5S. The van der Waals surface area contributed by atoms with Gasteiger partial charge in [0.2, 0.25) is 0 Å². The number of aliphatic hydroxyl groups excluding tert-OH is 1. The van der Waals surface area contributed by atoms with Crippen LogP contribution in [0, 0.1) is 4.84 Å². The van der Waals surface area contributed by atoms with E-state index in [0.29, 0.717) is 33.1 Å². The van der Waals surface area contributed by atoms with Crippen molar-refractivity contribution in [2.75, 3.05) is 20.0 Å². The Morgan fingerprint density at radius 1 is 1.24 bits per heavy atom. The predicted molar refractivity (Wildman–Crippen MR) is 112 cm³/mol. The number of fused-ring (bicyclic) bond motifs is 2. The minimum atomic E-state index is -1.24. The number of aliphatic hydroxyl groups is 1. The molecule has 4 rings (SSSR count). The maximum atomic E-state index is 11.5. The summed E-state index contributed by atoms with van der Waals surface area (Å²) in [6.07, 6.45) is -1.96. The molecule has 0 saturated carbocycles. The second kappa shape index (κ2) is 7.30. The molecule has 0 radical (unpaired) electrons. The van der Waals surface area contributed by atoms with Gasteiger partial charge in [0.25, 0.3) is 4.84 Å². The summed E-state index contributed by atoms with van der Waals surface area (Å²) in [6, 6.07) is 9.76. The van der Waals surface area contributed by atoms with Gasteiger partial charge in [-0.2, -0.15) is 0 Å². The lowest BCUT2D eigenvalue weighted by molar-refractivity contribution is -0.238. The zero-order chi connectivity index (χ0) is 20.9. The molecule has 0 unspecified atom stereocenters. The molecule has 2 aromatic carbocycles. The number of benzene rings is 2. The van der Waals surface area contributed by atoms with Gasteiger partial charge in [-0.1, -0.05) is 11.6 Å². The molecule has 7 nitrogen and oxygen atoms in total. The molecule has 1 aliphatic heterocycles. The molecule has 29 heavy (non-hydrogen) atoms. The first-order valence-corrected chi connectivity index (χ1v) is 9.71. The van der Waals surface area contributed by atoms with Gasteiger partial charge in [-0.15, -0.1) is 0 Å². The highest BCUT2D eigenvalue weighted by Gasteiger charge is 2.53. The second-order valence-electron chi connectivity index (χ2n) is 7.13. The standard InChI is InChI=1S/C20H21ClN2O5S/c1-20(18(25-2)26-3)17(24)16(12-9-11(22)5-7-14(12)28-20)23-13-8-10(21)4-6-15(13)27-19(23)29/h4-9,16-18,24H,22H2,1-3H3/t16-,17-,20-/m1/s1. The van der Waals surface area contributed by atoms with E-state index in [1.807, 2.05) is 0 Å². The van der Waals surface area contributed by atoms with E-state index in [1.165, 1.54) is 14.2 Å². The third kappa shape index (κ3) is 3.12. The van der Waals surface area contributed by atoms with Gasteiger partial charge in [0.15, 0.2) is 17.5 Å². The third-order valence-corrected chi connectivity index (χ3v) is 5.83. The Morgan fingerprint density at radius 2 is 1.97 bits per heavy atom. The summed E-state index contributed by atoms with van der Waals surface area (Å²) in [4.78, 5) is 0.190. The number of nitrogens with zero attached hydrogens (tertiary/aromatic N) is 1. The highest BCUT2D eigenvalue weighted by atomic mass is 35.5. The fourth-order valence-electron chi connectivity index (χ4n) is 3.97. The van der Waals surface area contributed by atoms with Crippen molar-refractivity contribution in [3.63, 3.8) is 0 Å². The number of oxazole rings is 1. The fraction of sp³-hybridized carbons (Fsp3) is 0.350. The van der Waals surface area contributed by atoms with E-state index < -0.39 is 24.0 Å². The van der Waals surface area contributed by atoms with Crippen LogP contribution in [-0.2, 0) is 9.47 Å². The molecule has 3 aromatic rings. The maximum absolute atomic E-state index is 11.5. The number of ether oxygens (including phenoxy) is 3. The Morgan fingerprint density at radius 3 is 2.66 bits per heavy atom. The Labute approximate surface area is 177 Å². The normalized spacial score (nSPS) is 23.9. The van der Waals surface area contributed by atoms with Crippen molar-refractivity contribution < 1.29 is 23.7 Å². The number of rotatable bonds is 4. The Balaban J connectivity index is 2.01. The summed E-state index contributed by atoms with van der Waals surface area (Å²) in [6.45, 7) is 1.72. The molecule has 154 valence electrons. The van der Waals surface area contributed by atoms with Crippen molar-refractivity contribution in [2.24, 2.45) is 0 Å². The van der Waals surface area contributed by atoms with Crippen LogP contribution in [0.2, 0.25) is 5.02 Å². The lowest BCUT2D eigenvalue weighted by atomic mass is 9.84. The van der Waals surface area contributed by atoms with Crippen LogP contribution in [0.5, 0.6) is 5.75 Å². The largest absolute Gasteiger partial charge is 0.479 e. The Bertz CT molecular complexity index is 1130. The molecule has 0 saturated heterocycles. The lowest BCUT2D eigenvalue weighted by Crippen LogP contribution is -2.60. The summed E-state index contributed by atoms with van der Waals surface area (Å²) in [7, 11) is 2.98. The van der Waals surface area contributed by atoms with Gasteiger partial charge in [-0.05, 0) is 55.5 Å². The zero-order valence-corrected chi connectivity index (χ0v) is 17.7. The number of hydrogen-bond donors (Lipinski definition) is 2. The van der Waals surface area contributed by atoms with Crippen molar-refractivity contribution in [3.05, 3.63) is 51.8 Å². The number of methoxy groups -OCH3 is 2. The molecule has 0 aliphatic carbocycles. The van der Waals surface area contributed by atoms with Gasteiger partial charge >= 0.3 is 0 Å². The highest BCUT2D eigenvalue weighted by Crippen LogP contribution is 2.46. The smallest absolute Gasteiger partial charge is 0.270 e. The first kappa shape index (κ1) is 20.2. The summed E-state index contributed by atoms with van der Waals surface area (Å²) >= 11 is 11.7. The van der Waals surface area contributed by atoms with E-state index in [-0.39, 0.29) is 4.84 Å². The van der Waals surface area contributed by atoms with Crippen molar-refractivity contribution in [1.82, 2.24) is 4.57 Å². The highest BCUT2D eigenvalue weighted by molar-refractivity contribution is 7.71. The van der Waals surface area contributed by atoms with E-state index in [1.54, 1.807) is 47.9 Å². The van der Waals surface area contributed by atoms with Crippen LogP contribution in [0.1, 0.15) is 18.5 Å². The van der Waals surface area contributed by atoms with E-state index >= 15 is 0 Å². The van der Waals surface area contributed by atoms with Gasteiger partial charge in [0, 0.05) is 30.5 Å². The van der Waals surface area contributed by atoms with Crippen LogP contribution >= 0.6 is 23.8 Å². The van der Waals surface area contributed by atoms with Crippen LogP contribution in [-0.4, -0.2) is 41.9 Å². The zero-order valence-electron chi connectivity index (χ0n) is 16.1. The van der Waals surface area contributed by atoms with Crippen molar-refractivity contribution in [1.29, 1.82) is 0 Å². The number of anilines is 1. The van der Waals surface area contributed by atoms with Crippen molar-refractivity contribution in [3.8, 4) is 5.75 Å². The summed E-state index contributed by atoms with van der Waals surface area (Å²) in [5, 5.41) is 12.0. The Hall–Kier alpha value is -2.10. The molecule has 0 amide bonds. The molecule has 2 heterocycles. The minimum absolute atomic E-state index is 0.190. The molecule has 1 aliphatic rings. The van der Waals surface area contributed by atoms with Gasteiger partial charge in [0.1, 0.15) is 11.9 Å². The predicted octanol–water partition coefficient (Wildman–Crippen LogP) is 3.92. The SMILES string of the molecule is COC(OC)[C@]1(C)Oc2ccc(N)cc2[C@@H](n2c(=S)oc3ccc(Cl)cc32)[C@H]1O. The molecule has 0 bridgehead atoms. The van der Waals surface area contributed by atoms with E-state index in [9.17, 15) is 5.11 Å². The number of halogens is 1. The van der Waals surface area contributed by atoms with Crippen LogP contribution in [0.3, 0.4) is 0 Å². The lowest BCUT2D eigenvalue weighted by Gasteiger charge is -2.46. The molecule has 9 heteroatoms. The van der Waals surface area contributed by atoms with Crippen LogP contribution in [0.4, 0.5) is 5.69 Å².